The molecular weight excluding hydrogens is 243 g/mol. The molecule has 1 unspecified atom stereocenters. The van der Waals surface area contributed by atoms with E-state index in [1.165, 1.54) is 18.9 Å². The fourth-order valence-electron chi connectivity index (χ4n) is 1.97. The van der Waals surface area contributed by atoms with E-state index in [1.807, 2.05) is 24.9 Å². The number of nitrogens with two attached hydrogens (primary N) is 1. The Morgan fingerprint density at radius 3 is 2.79 bits per heavy atom. The first-order valence-electron chi connectivity index (χ1n) is 6.92. The highest BCUT2D eigenvalue weighted by atomic mass is 19.1. The lowest BCUT2D eigenvalue weighted by Gasteiger charge is -2.20. The van der Waals surface area contributed by atoms with Crippen molar-refractivity contribution in [2.75, 3.05) is 31.7 Å². The van der Waals surface area contributed by atoms with Crippen LogP contribution >= 0.6 is 0 Å². The highest BCUT2D eigenvalue weighted by Gasteiger charge is 2.21. The molecule has 19 heavy (non-hydrogen) atoms. The Balaban J connectivity index is 1.84. The predicted molar refractivity (Wildman–Crippen MR) is 75.8 cm³/mol. The zero-order valence-corrected chi connectivity index (χ0v) is 11.7. The number of anilines is 1. The van der Waals surface area contributed by atoms with Crippen molar-refractivity contribution in [2.45, 2.75) is 25.8 Å². The molecule has 1 fully saturated rings. The highest BCUT2D eigenvalue weighted by Crippen LogP contribution is 2.28. The molecule has 0 aliphatic heterocycles. The minimum Gasteiger partial charge on any atom is -0.379 e. The zero-order valence-electron chi connectivity index (χ0n) is 11.7. The van der Waals surface area contributed by atoms with Gasteiger partial charge in [0.2, 0.25) is 0 Å². The van der Waals surface area contributed by atoms with Gasteiger partial charge in [0.1, 0.15) is 5.82 Å². The molecule has 0 bridgehead atoms. The fraction of sp³-hybridized carbons (Fsp3) is 0.600. The number of rotatable bonds is 7. The third-order valence-electron chi connectivity index (χ3n) is 3.53. The van der Waals surface area contributed by atoms with Gasteiger partial charge in [-0.1, -0.05) is 6.07 Å². The fourth-order valence-corrected chi connectivity index (χ4v) is 1.97. The summed E-state index contributed by atoms with van der Waals surface area (Å²) < 4.78 is 19.5. The number of ether oxygens (including phenoxy) is 1. The molecule has 2 N–H and O–H groups in total. The standard InChI is InChI=1S/C15H23FN2O/c1-11(17)13-5-6-15(14(16)9-13)18(2)7-8-19-10-12-3-4-12/h5-6,9,11-12H,3-4,7-8,10,17H2,1-2H3. The van der Waals surface area contributed by atoms with Gasteiger partial charge in [-0.25, -0.2) is 4.39 Å². The first-order valence-corrected chi connectivity index (χ1v) is 6.92. The lowest BCUT2D eigenvalue weighted by molar-refractivity contribution is 0.131. The summed E-state index contributed by atoms with van der Waals surface area (Å²) in [5.74, 6) is 0.548. The van der Waals surface area contributed by atoms with E-state index in [9.17, 15) is 4.39 Å². The molecule has 0 amide bonds. The van der Waals surface area contributed by atoms with E-state index in [0.717, 1.165) is 18.1 Å². The number of benzene rings is 1. The lowest BCUT2D eigenvalue weighted by atomic mass is 10.1. The van der Waals surface area contributed by atoms with E-state index in [1.54, 1.807) is 6.07 Å². The molecule has 2 rings (SSSR count). The molecule has 0 heterocycles. The van der Waals surface area contributed by atoms with Gasteiger partial charge in [0.15, 0.2) is 0 Å². The number of nitrogens with zero attached hydrogens (tertiary/aromatic N) is 1. The van der Waals surface area contributed by atoms with Crippen molar-refractivity contribution in [3.63, 3.8) is 0 Å². The molecule has 106 valence electrons. The summed E-state index contributed by atoms with van der Waals surface area (Å²) in [5.41, 5.74) is 7.16. The second-order valence-corrected chi connectivity index (χ2v) is 5.44. The summed E-state index contributed by atoms with van der Waals surface area (Å²) in [6, 6.07) is 5.04. The van der Waals surface area contributed by atoms with E-state index in [0.29, 0.717) is 18.8 Å². The molecule has 0 spiro atoms. The van der Waals surface area contributed by atoms with Crippen LogP contribution in [0.5, 0.6) is 0 Å². The Morgan fingerprint density at radius 1 is 1.47 bits per heavy atom. The number of likely N-dealkylation sites (N-methyl/N-ethyl adjacent to an activating group) is 1. The van der Waals surface area contributed by atoms with Crippen molar-refractivity contribution < 1.29 is 9.13 Å². The van der Waals surface area contributed by atoms with Crippen molar-refractivity contribution in [3.05, 3.63) is 29.6 Å². The average molecular weight is 266 g/mol. The van der Waals surface area contributed by atoms with Crippen molar-refractivity contribution in [1.29, 1.82) is 0 Å². The summed E-state index contributed by atoms with van der Waals surface area (Å²) in [4.78, 5) is 1.88. The molecule has 1 aromatic rings. The molecule has 1 aromatic carbocycles. The van der Waals surface area contributed by atoms with Crippen molar-refractivity contribution in [2.24, 2.45) is 11.7 Å². The molecule has 0 aromatic heterocycles. The summed E-state index contributed by atoms with van der Waals surface area (Å²) in [6.45, 7) is 4.03. The maximum absolute atomic E-state index is 14.0. The summed E-state index contributed by atoms with van der Waals surface area (Å²) in [7, 11) is 1.88. The van der Waals surface area contributed by atoms with Gasteiger partial charge in [-0.15, -0.1) is 0 Å². The van der Waals surface area contributed by atoms with E-state index < -0.39 is 0 Å². The predicted octanol–water partition coefficient (Wildman–Crippen LogP) is 2.71. The first-order chi connectivity index (χ1) is 9.08. The van der Waals surface area contributed by atoms with Crippen LogP contribution in [0, 0.1) is 11.7 Å². The van der Waals surface area contributed by atoms with Gasteiger partial charge in [0.25, 0.3) is 0 Å². The van der Waals surface area contributed by atoms with E-state index in [4.69, 9.17) is 10.5 Å². The number of hydrogen-bond acceptors (Lipinski definition) is 3. The molecule has 1 aliphatic carbocycles. The van der Waals surface area contributed by atoms with Crippen LogP contribution in [0.25, 0.3) is 0 Å². The summed E-state index contributed by atoms with van der Waals surface area (Å²) >= 11 is 0. The number of halogens is 1. The Hall–Kier alpha value is -1.13. The van der Waals surface area contributed by atoms with Crippen LogP contribution < -0.4 is 10.6 Å². The van der Waals surface area contributed by atoms with Crippen LogP contribution in [0.15, 0.2) is 18.2 Å². The van der Waals surface area contributed by atoms with Gasteiger partial charge in [-0.2, -0.15) is 0 Å². The summed E-state index contributed by atoms with van der Waals surface area (Å²) in [6.07, 6.45) is 2.59. The van der Waals surface area contributed by atoms with E-state index in [2.05, 4.69) is 0 Å². The van der Waals surface area contributed by atoms with Crippen LogP contribution in [-0.4, -0.2) is 26.8 Å². The van der Waals surface area contributed by atoms with Crippen LogP contribution in [0.1, 0.15) is 31.4 Å². The Kier molecular flexibility index (Phi) is 4.77. The van der Waals surface area contributed by atoms with Gasteiger partial charge in [-0.3, -0.25) is 0 Å². The Bertz CT molecular complexity index is 419. The average Bonchev–Trinajstić information content (AvgIpc) is 3.18. The Labute approximate surface area is 114 Å². The largest absolute Gasteiger partial charge is 0.379 e. The molecule has 1 aliphatic rings. The first kappa shape index (κ1) is 14.3. The minimum atomic E-state index is -0.223. The zero-order chi connectivity index (χ0) is 13.8. The molecule has 1 atom stereocenters. The molecule has 0 saturated heterocycles. The second-order valence-electron chi connectivity index (χ2n) is 5.44. The van der Waals surface area contributed by atoms with Crippen LogP contribution in [0.2, 0.25) is 0 Å². The lowest BCUT2D eigenvalue weighted by Crippen LogP contribution is -2.24. The second kappa shape index (κ2) is 6.35. The van der Waals surface area contributed by atoms with Gasteiger partial charge in [0, 0.05) is 26.2 Å². The molecule has 3 nitrogen and oxygen atoms in total. The third-order valence-corrected chi connectivity index (χ3v) is 3.53. The maximum atomic E-state index is 14.0. The summed E-state index contributed by atoms with van der Waals surface area (Å²) in [5, 5.41) is 0. The van der Waals surface area contributed by atoms with Crippen LogP contribution in [0.4, 0.5) is 10.1 Å². The van der Waals surface area contributed by atoms with Gasteiger partial charge in [0.05, 0.1) is 12.3 Å². The molecule has 0 radical (unpaired) electrons. The van der Waals surface area contributed by atoms with Crippen molar-refractivity contribution >= 4 is 5.69 Å². The topological polar surface area (TPSA) is 38.5 Å². The monoisotopic (exact) mass is 266 g/mol. The smallest absolute Gasteiger partial charge is 0.146 e. The normalized spacial score (nSPS) is 16.4. The SMILES string of the molecule is CC(N)c1ccc(N(C)CCOCC2CC2)c(F)c1. The number of hydrogen-bond donors (Lipinski definition) is 1. The highest BCUT2D eigenvalue weighted by molar-refractivity contribution is 5.48. The van der Waals surface area contributed by atoms with Crippen molar-refractivity contribution in [3.8, 4) is 0 Å². The maximum Gasteiger partial charge on any atom is 0.146 e. The minimum absolute atomic E-state index is 0.143. The van der Waals surface area contributed by atoms with Crippen LogP contribution in [0.3, 0.4) is 0 Å². The van der Waals surface area contributed by atoms with Gasteiger partial charge < -0.3 is 15.4 Å². The molecular formula is C15H23FN2O. The molecule has 4 heteroatoms. The molecule has 1 saturated carbocycles. The van der Waals surface area contributed by atoms with E-state index in [-0.39, 0.29) is 11.9 Å². The van der Waals surface area contributed by atoms with Gasteiger partial charge in [-0.05, 0) is 43.4 Å². The quantitative estimate of drug-likeness (QED) is 0.771. The van der Waals surface area contributed by atoms with Crippen LogP contribution in [-0.2, 0) is 4.74 Å². The van der Waals surface area contributed by atoms with E-state index >= 15 is 0 Å². The van der Waals surface area contributed by atoms with Crippen molar-refractivity contribution in [1.82, 2.24) is 0 Å². The Morgan fingerprint density at radius 2 is 2.21 bits per heavy atom. The van der Waals surface area contributed by atoms with Gasteiger partial charge >= 0.3 is 0 Å². The third kappa shape index (κ3) is 4.18.